The highest BCUT2D eigenvalue weighted by atomic mass is 16.5. The van der Waals surface area contributed by atoms with Crippen LogP contribution in [0.25, 0.3) is 10.8 Å². The van der Waals surface area contributed by atoms with Crippen molar-refractivity contribution >= 4 is 16.7 Å². The van der Waals surface area contributed by atoms with Crippen LogP contribution in [0, 0.1) is 0 Å². The topological polar surface area (TPSA) is 35.5 Å². The minimum Gasteiger partial charge on any atom is -0.497 e. The molecule has 16 heavy (non-hydrogen) atoms. The lowest BCUT2D eigenvalue weighted by molar-refractivity contribution is 0.0535. The summed E-state index contributed by atoms with van der Waals surface area (Å²) in [6.45, 7) is 0.376. The molecule has 0 aromatic heterocycles. The van der Waals surface area contributed by atoms with E-state index >= 15 is 0 Å². The molecule has 3 nitrogen and oxygen atoms in total. The molecular weight excluding hydrogens is 204 g/mol. The molecule has 0 saturated carbocycles. The second-order valence-corrected chi connectivity index (χ2v) is 3.80. The largest absolute Gasteiger partial charge is 0.497 e. The monoisotopic (exact) mass is 214 g/mol. The first kappa shape index (κ1) is 9.21. The molecule has 0 fully saturated rings. The number of carbonyl (C=O) groups is 1. The SMILES string of the molecule is COc1ccc2cc3c(cc2c1)COC3=O. The third kappa shape index (κ3) is 1.25. The molecule has 80 valence electrons. The quantitative estimate of drug-likeness (QED) is 0.684. The summed E-state index contributed by atoms with van der Waals surface area (Å²) in [4.78, 5) is 11.4. The molecule has 0 amide bonds. The van der Waals surface area contributed by atoms with Crippen LogP contribution in [0.15, 0.2) is 30.3 Å². The fourth-order valence-corrected chi connectivity index (χ4v) is 1.98. The Morgan fingerprint density at radius 3 is 2.88 bits per heavy atom. The summed E-state index contributed by atoms with van der Waals surface area (Å²) in [7, 11) is 1.64. The number of ether oxygens (including phenoxy) is 2. The number of benzene rings is 2. The number of carbonyl (C=O) groups excluding carboxylic acids is 1. The standard InChI is InChI=1S/C13H10O3/c1-15-11-3-2-8-6-12-10(4-9(8)5-11)7-16-13(12)14/h2-6H,7H2,1H3. The fraction of sp³-hybridized carbons (Fsp3) is 0.154. The van der Waals surface area contributed by atoms with E-state index in [1.165, 1.54) is 0 Å². The van der Waals surface area contributed by atoms with E-state index < -0.39 is 0 Å². The van der Waals surface area contributed by atoms with Crippen molar-refractivity contribution in [3.05, 3.63) is 41.5 Å². The Balaban J connectivity index is 2.26. The summed E-state index contributed by atoms with van der Waals surface area (Å²) < 4.78 is 10.1. The van der Waals surface area contributed by atoms with Crippen LogP contribution in [0.4, 0.5) is 0 Å². The average molecular weight is 214 g/mol. The van der Waals surface area contributed by atoms with E-state index in [9.17, 15) is 4.79 Å². The van der Waals surface area contributed by atoms with Gasteiger partial charge in [-0.05, 0) is 35.0 Å². The Kier molecular flexibility index (Phi) is 1.86. The Morgan fingerprint density at radius 1 is 1.19 bits per heavy atom. The molecule has 0 spiro atoms. The van der Waals surface area contributed by atoms with E-state index in [0.29, 0.717) is 12.2 Å². The molecular formula is C13H10O3. The van der Waals surface area contributed by atoms with Crippen LogP contribution >= 0.6 is 0 Å². The number of hydrogen-bond acceptors (Lipinski definition) is 3. The Morgan fingerprint density at radius 2 is 2.06 bits per heavy atom. The van der Waals surface area contributed by atoms with E-state index in [4.69, 9.17) is 9.47 Å². The lowest BCUT2D eigenvalue weighted by Crippen LogP contribution is -1.93. The fourth-order valence-electron chi connectivity index (χ4n) is 1.98. The van der Waals surface area contributed by atoms with Gasteiger partial charge in [-0.25, -0.2) is 4.79 Å². The molecule has 1 aliphatic rings. The van der Waals surface area contributed by atoms with E-state index in [-0.39, 0.29) is 5.97 Å². The van der Waals surface area contributed by atoms with E-state index in [0.717, 1.165) is 22.1 Å². The van der Waals surface area contributed by atoms with E-state index in [2.05, 4.69) is 0 Å². The van der Waals surface area contributed by atoms with Gasteiger partial charge in [0.05, 0.1) is 12.7 Å². The molecule has 0 saturated heterocycles. The zero-order chi connectivity index (χ0) is 11.1. The maximum Gasteiger partial charge on any atom is 0.338 e. The number of cyclic esters (lactones) is 1. The summed E-state index contributed by atoms with van der Waals surface area (Å²) >= 11 is 0. The summed E-state index contributed by atoms with van der Waals surface area (Å²) in [5.41, 5.74) is 1.63. The predicted molar refractivity (Wildman–Crippen MR) is 59.6 cm³/mol. The van der Waals surface area contributed by atoms with Crippen molar-refractivity contribution in [3.8, 4) is 5.75 Å². The zero-order valence-electron chi connectivity index (χ0n) is 8.82. The second kappa shape index (κ2) is 3.23. The van der Waals surface area contributed by atoms with Gasteiger partial charge in [-0.15, -0.1) is 0 Å². The average Bonchev–Trinajstić information content (AvgIpc) is 2.67. The maximum absolute atomic E-state index is 11.4. The van der Waals surface area contributed by atoms with Gasteiger partial charge in [0.25, 0.3) is 0 Å². The maximum atomic E-state index is 11.4. The van der Waals surface area contributed by atoms with Crippen molar-refractivity contribution in [3.63, 3.8) is 0 Å². The van der Waals surface area contributed by atoms with Crippen LogP contribution in [0.2, 0.25) is 0 Å². The molecule has 1 heterocycles. The van der Waals surface area contributed by atoms with Crippen LogP contribution in [0.1, 0.15) is 15.9 Å². The molecule has 2 aromatic carbocycles. The van der Waals surface area contributed by atoms with Gasteiger partial charge in [0, 0.05) is 5.56 Å². The minimum atomic E-state index is -0.229. The van der Waals surface area contributed by atoms with Gasteiger partial charge in [-0.3, -0.25) is 0 Å². The second-order valence-electron chi connectivity index (χ2n) is 3.80. The van der Waals surface area contributed by atoms with Gasteiger partial charge >= 0.3 is 5.97 Å². The van der Waals surface area contributed by atoms with Crippen LogP contribution in [-0.4, -0.2) is 13.1 Å². The number of methoxy groups -OCH3 is 1. The van der Waals surface area contributed by atoms with Gasteiger partial charge in [-0.2, -0.15) is 0 Å². The predicted octanol–water partition coefficient (Wildman–Crippen LogP) is 2.52. The van der Waals surface area contributed by atoms with Crippen LogP contribution in [-0.2, 0) is 11.3 Å². The molecule has 3 heteroatoms. The first-order chi connectivity index (χ1) is 7.78. The Labute approximate surface area is 92.6 Å². The lowest BCUT2D eigenvalue weighted by Gasteiger charge is -2.03. The third-order valence-electron chi connectivity index (χ3n) is 2.85. The normalized spacial score (nSPS) is 13.7. The van der Waals surface area contributed by atoms with Crippen molar-refractivity contribution in [1.82, 2.24) is 0 Å². The van der Waals surface area contributed by atoms with Gasteiger partial charge in [0.1, 0.15) is 12.4 Å². The minimum absolute atomic E-state index is 0.229. The summed E-state index contributed by atoms with van der Waals surface area (Å²) in [6.07, 6.45) is 0. The first-order valence-electron chi connectivity index (χ1n) is 5.06. The van der Waals surface area contributed by atoms with Crippen molar-refractivity contribution < 1.29 is 14.3 Å². The van der Waals surface area contributed by atoms with E-state index in [1.807, 2.05) is 30.3 Å². The summed E-state index contributed by atoms with van der Waals surface area (Å²) in [5.74, 6) is 0.588. The highest BCUT2D eigenvalue weighted by molar-refractivity contribution is 5.99. The molecule has 0 unspecified atom stereocenters. The molecule has 3 rings (SSSR count). The van der Waals surface area contributed by atoms with Crippen molar-refractivity contribution in [2.75, 3.05) is 7.11 Å². The highest BCUT2D eigenvalue weighted by Crippen LogP contribution is 2.28. The van der Waals surface area contributed by atoms with Crippen molar-refractivity contribution in [1.29, 1.82) is 0 Å². The van der Waals surface area contributed by atoms with Gasteiger partial charge < -0.3 is 9.47 Å². The van der Waals surface area contributed by atoms with Crippen LogP contribution in [0.5, 0.6) is 5.75 Å². The molecule has 0 atom stereocenters. The number of rotatable bonds is 1. The van der Waals surface area contributed by atoms with Gasteiger partial charge in [0.15, 0.2) is 0 Å². The molecule has 0 N–H and O–H groups in total. The zero-order valence-corrected chi connectivity index (χ0v) is 8.82. The summed E-state index contributed by atoms with van der Waals surface area (Å²) in [5, 5.41) is 2.09. The number of hydrogen-bond donors (Lipinski definition) is 0. The van der Waals surface area contributed by atoms with Crippen molar-refractivity contribution in [2.45, 2.75) is 6.61 Å². The van der Waals surface area contributed by atoms with Crippen LogP contribution in [0.3, 0.4) is 0 Å². The first-order valence-corrected chi connectivity index (χ1v) is 5.06. The molecule has 0 aliphatic carbocycles. The number of fused-ring (bicyclic) bond motifs is 2. The highest BCUT2D eigenvalue weighted by Gasteiger charge is 2.21. The Bertz CT molecular complexity index is 587. The van der Waals surface area contributed by atoms with Gasteiger partial charge in [0.2, 0.25) is 0 Å². The van der Waals surface area contributed by atoms with Gasteiger partial charge in [-0.1, -0.05) is 6.07 Å². The number of esters is 1. The van der Waals surface area contributed by atoms with E-state index in [1.54, 1.807) is 7.11 Å². The molecule has 2 aromatic rings. The molecule has 0 radical (unpaired) electrons. The Hall–Kier alpha value is -2.03. The molecule has 1 aliphatic heterocycles. The third-order valence-corrected chi connectivity index (χ3v) is 2.85. The van der Waals surface area contributed by atoms with Crippen LogP contribution < -0.4 is 4.74 Å². The molecule has 0 bridgehead atoms. The smallest absolute Gasteiger partial charge is 0.338 e. The summed E-state index contributed by atoms with van der Waals surface area (Å²) in [6, 6.07) is 9.64. The lowest BCUT2D eigenvalue weighted by atomic mass is 10.0. The van der Waals surface area contributed by atoms with Crippen molar-refractivity contribution in [2.24, 2.45) is 0 Å².